The fourth-order valence-corrected chi connectivity index (χ4v) is 2.63. The molecule has 122 valence electrons. The lowest BCUT2D eigenvalue weighted by atomic mass is 10.0. The van der Waals surface area contributed by atoms with Crippen LogP contribution in [0.3, 0.4) is 0 Å². The summed E-state index contributed by atoms with van der Waals surface area (Å²) in [5, 5.41) is 14.9. The highest BCUT2D eigenvalue weighted by Crippen LogP contribution is 2.21. The molecule has 1 atom stereocenters. The van der Waals surface area contributed by atoms with Gasteiger partial charge >= 0.3 is 0 Å². The van der Waals surface area contributed by atoms with Crippen molar-refractivity contribution >= 4 is 16.7 Å². The van der Waals surface area contributed by atoms with Crippen LogP contribution in [0.5, 0.6) is 5.75 Å². The van der Waals surface area contributed by atoms with Gasteiger partial charge in [-0.2, -0.15) is 0 Å². The van der Waals surface area contributed by atoms with Gasteiger partial charge in [-0.1, -0.05) is 36.4 Å². The molecule has 0 saturated heterocycles. The molecule has 2 aromatic carbocycles. The molecular weight excluding hydrogens is 304 g/mol. The normalized spacial score (nSPS) is 12.1. The summed E-state index contributed by atoms with van der Waals surface area (Å²) in [6.45, 7) is 1.86. The second-order valence-corrected chi connectivity index (χ2v) is 5.80. The Bertz CT molecular complexity index is 976. The van der Waals surface area contributed by atoms with Crippen molar-refractivity contribution in [2.75, 3.05) is 0 Å². The van der Waals surface area contributed by atoms with Gasteiger partial charge in [-0.25, -0.2) is 0 Å². The summed E-state index contributed by atoms with van der Waals surface area (Å²) < 4.78 is 1.22. The minimum Gasteiger partial charge on any atom is -0.502 e. The van der Waals surface area contributed by atoms with Crippen molar-refractivity contribution in [2.45, 2.75) is 13.0 Å². The maximum atomic E-state index is 12.4. The first-order valence-corrected chi connectivity index (χ1v) is 7.65. The number of aromatic hydroxyl groups is 1. The molecule has 5 heteroatoms. The van der Waals surface area contributed by atoms with Gasteiger partial charge in [0.15, 0.2) is 5.75 Å². The van der Waals surface area contributed by atoms with E-state index >= 15 is 0 Å². The van der Waals surface area contributed by atoms with Gasteiger partial charge in [0.05, 0.1) is 11.6 Å². The van der Waals surface area contributed by atoms with E-state index in [0.717, 1.165) is 16.3 Å². The molecule has 1 aromatic heterocycles. The molecule has 1 heterocycles. The summed E-state index contributed by atoms with van der Waals surface area (Å²) in [6.07, 6.45) is 1.46. The van der Waals surface area contributed by atoms with Crippen molar-refractivity contribution < 1.29 is 9.90 Å². The van der Waals surface area contributed by atoms with Crippen LogP contribution in [0.2, 0.25) is 0 Å². The average molecular weight is 322 g/mol. The zero-order valence-corrected chi connectivity index (χ0v) is 13.5. The van der Waals surface area contributed by atoms with Crippen LogP contribution in [-0.2, 0) is 7.05 Å². The van der Waals surface area contributed by atoms with E-state index in [0.29, 0.717) is 0 Å². The number of fused-ring (bicyclic) bond motifs is 1. The molecule has 0 radical (unpaired) electrons. The molecule has 0 aliphatic heterocycles. The number of rotatable bonds is 3. The van der Waals surface area contributed by atoms with Crippen molar-refractivity contribution in [3.8, 4) is 5.75 Å². The number of pyridine rings is 1. The molecule has 0 saturated carbocycles. The Morgan fingerprint density at radius 3 is 2.58 bits per heavy atom. The monoisotopic (exact) mass is 322 g/mol. The first kappa shape index (κ1) is 15.8. The molecular formula is C19H18N2O3. The van der Waals surface area contributed by atoms with Gasteiger partial charge in [0.25, 0.3) is 11.5 Å². The van der Waals surface area contributed by atoms with Gasteiger partial charge in [0, 0.05) is 13.2 Å². The Morgan fingerprint density at radius 2 is 1.83 bits per heavy atom. The number of hydrogen-bond acceptors (Lipinski definition) is 3. The van der Waals surface area contributed by atoms with E-state index in [9.17, 15) is 14.7 Å². The number of carbonyl (C=O) groups is 1. The molecule has 0 unspecified atom stereocenters. The van der Waals surface area contributed by atoms with E-state index in [4.69, 9.17) is 0 Å². The van der Waals surface area contributed by atoms with Crippen LogP contribution in [0.4, 0.5) is 0 Å². The highest BCUT2D eigenvalue weighted by atomic mass is 16.3. The zero-order valence-electron chi connectivity index (χ0n) is 13.5. The Labute approximate surface area is 139 Å². The second kappa shape index (κ2) is 6.20. The van der Waals surface area contributed by atoms with Gasteiger partial charge in [0.1, 0.15) is 0 Å². The maximum Gasteiger partial charge on any atom is 0.293 e. The molecule has 1 amide bonds. The lowest BCUT2D eigenvalue weighted by Crippen LogP contribution is -2.28. The van der Waals surface area contributed by atoms with Gasteiger partial charge in [-0.05, 0) is 35.4 Å². The third kappa shape index (κ3) is 2.88. The van der Waals surface area contributed by atoms with Crippen LogP contribution in [0.25, 0.3) is 10.8 Å². The summed E-state index contributed by atoms with van der Waals surface area (Å²) >= 11 is 0. The van der Waals surface area contributed by atoms with Crippen molar-refractivity contribution in [2.24, 2.45) is 7.05 Å². The zero-order chi connectivity index (χ0) is 17.3. The van der Waals surface area contributed by atoms with Crippen LogP contribution < -0.4 is 10.9 Å². The standard InChI is InChI=1S/C19H18N2O3/c1-12(14-8-7-13-5-3-4-6-15(13)11-14)20-18(23)16-9-10-21(2)19(24)17(16)22/h3-12,22H,1-2H3,(H,20,23)/t12-/m1/s1. The minimum atomic E-state index is -0.596. The van der Waals surface area contributed by atoms with Crippen molar-refractivity contribution in [3.05, 3.63) is 76.2 Å². The average Bonchev–Trinajstić information content (AvgIpc) is 2.59. The second-order valence-electron chi connectivity index (χ2n) is 5.80. The third-order valence-corrected chi connectivity index (χ3v) is 4.11. The van der Waals surface area contributed by atoms with E-state index in [-0.39, 0.29) is 11.6 Å². The lowest BCUT2D eigenvalue weighted by Gasteiger charge is -2.15. The largest absolute Gasteiger partial charge is 0.502 e. The van der Waals surface area contributed by atoms with Crippen molar-refractivity contribution in [3.63, 3.8) is 0 Å². The smallest absolute Gasteiger partial charge is 0.293 e. The van der Waals surface area contributed by atoms with Crippen LogP contribution in [0.15, 0.2) is 59.5 Å². The first-order chi connectivity index (χ1) is 11.5. The minimum absolute atomic E-state index is 0.0225. The number of nitrogens with one attached hydrogen (secondary N) is 1. The van der Waals surface area contributed by atoms with Crippen LogP contribution >= 0.6 is 0 Å². The number of aromatic nitrogens is 1. The topological polar surface area (TPSA) is 71.3 Å². The summed E-state index contributed by atoms with van der Waals surface area (Å²) in [4.78, 5) is 24.1. The molecule has 0 aliphatic rings. The fourth-order valence-electron chi connectivity index (χ4n) is 2.63. The van der Waals surface area contributed by atoms with Crippen LogP contribution in [-0.4, -0.2) is 15.6 Å². The molecule has 0 bridgehead atoms. The first-order valence-electron chi connectivity index (χ1n) is 7.65. The molecule has 0 fully saturated rings. The van der Waals surface area contributed by atoms with E-state index in [1.54, 1.807) is 0 Å². The molecule has 2 N–H and O–H groups in total. The van der Waals surface area contributed by atoms with E-state index in [1.165, 1.54) is 23.9 Å². The summed E-state index contributed by atoms with van der Waals surface area (Å²) in [6, 6.07) is 15.1. The van der Waals surface area contributed by atoms with E-state index in [1.807, 2.05) is 49.4 Å². The summed E-state index contributed by atoms with van der Waals surface area (Å²) in [5.74, 6) is -1.02. The number of aryl methyl sites for hydroxylation is 1. The van der Waals surface area contributed by atoms with E-state index in [2.05, 4.69) is 5.32 Å². The van der Waals surface area contributed by atoms with Crippen molar-refractivity contribution in [1.82, 2.24) is 9.88 Å². The number of amides is 1. The summed E-state index contributed by atoms with van der Waals surface area (Å²) in [5.41, 5.74) is 0.331. The number of hydrogen-bond donors (Lipinski definition) is 2. The Balaban J connectivity index is 1.85. The molecule has 3 aromatic rings. The van der Waals surface area contributed by atoms with Crippen LogP contribution in [0, 0.1) is 0 Å². The molecule has 0 spiro atoms. The summed E-state index contributed by atoms with van der Waals surface area (Å²) in [7, 11) is 1.52. The molecule has 5 nitrogen and oxygen atoms in total. The Kier molecular flexibility index (Phi) is 4.08. The van der Waals surface area contributed by atoms with Gasteiger partial charge in [-0.3, -0.25) is 9.59 Å². The third-order valence-electron chi connectivity index (χ3n) is 4.11. The predicted octanol–water partition coefficient (Wildman–Crippen LogP) is 2.74. The van der Waals surface area contributed by atoms with Crippen LogP contribution in [0.1, 0.15) is 28.9 Å². The number of benzene rings is 2. The van der Waals surface area contributed by atoms with Gasteiger partial charge < -0.3 is 15.0 Å². The van der Waals surface area contributed by atoms with Crippen molar-refractivity contribution in [1.29, 1.82) is 0 Å². The number of carbonyl (C=O) groups excluding carboxylic acids is 1. The maximum absolute atomic E-state index is 12.4. The quantitative estimate of drug-likeness (QED) is 0.779. The molecule has 0 aliphatic carbocycles. The number of nitrogens with zero attached hydrogens (tertiary/aromatic N) is 1. The Morgan fingerprint density at radius 1 is 1.12 bits per heavy atom. The highest BCUT2D eigenvalue weighted by Gasteiger charge is 2.17. The van der Waals surface area contributed by atoms with E-state index < -0.39 is 17.2 Å². The Hall–Kier alpha value is -3.08. The van der Waals surface area contributed by atoms with Gasteiger partial charge in [0.2, 0.25) is 0 Å². The molecule has 24 heavy (non-hydrogen) atoms. The lowest BCUT2D eigenvalue weighted by molar-refractivity contribution is 0.0936. The van der Waals surface area contributed by atoms with Gasteiger partial charge in [-0.15, -0.1) is 0 Å². The predicted molar refractivity (Wildman–Crippen MR) is 93.2 cm³/mol. The molecule has 3 rings (SSSR count). The fraction of sp³-hybridized carbons (Fsp3) is 0.158. The SMILES string of the molecule is C[C@@H](NC(=O)c1ccn(C)c(=O)c1O)c1ccc2ccccc2c1. The highest BCUT2D eigenvalue weighted by molar-refractivity contribution is 5.96.